The van der Waals surface area contributed by atoms with Gasteiger partial charge in [-0.2, -0.15) is 0 Å². The first-order chi connectivity index (χ1) is 27.0. The fraction of sp³-hybridized carbons (Fsp3) is 0.816. The molecule has 320 valence electrons. The molecule has 0 rings (SSSR count). The molecule has 0 aromatic carbocycles. The lowest BCUT2D eigenvalue weighted by Gasteiger charge is -2.18. The maximum atomic E-state index is 12.7. The zero-order valence-electron chi connectivity index (χ0n) is 36.4. The molecular weight excluding hydrogens is 685 g/mol. The summed E-state index contributed by atoms with van der Waals surface area (Å²) >= 11 is 0. The van der Waals surface area contributed by atoms with Crippen molar-refractivity contribution < 1.29 is 28.6 Å². The summed E-state index contributed by atoms with van der Waals surface area (Å²) in [5, 5.41) is 0. The van der Waals surface area contributed by atoms with Gasteiger partial charge in [-0.15, -0.1) is 0 Å². The normalized spacial score (nSPS) is 12.3. The highest BCUT2D eigenvalue weighted by Crippen LogP contribution is 2.14. The number of carbonyl (C=O) groups is 3. The number of rotatable bonds is 42. The minimum Gasteiger partial charge on any atom is -0.462 e. The van der Waals surface area contributed by atoms with Crippen molar-refractivity contribution >= 4 is 17.9 Å². The van der Waals surface area contributed by atoms with Crippen molar-refractivity contribution in [2.75, 3.05) is 13.2 Å². The molecule has 0 radical (unpaired) electrons. The maximum Gasteiger partial charge on any atom is 0.306 e. The quantitative estimate of drug-likeness (QED) is 0.0202. The second-order valence-electron chi connectivity index (χ2n) is 15.7. The molecule has 6 heteroatoms. The third-order valence-electron chi connectivity index (χ3n) is 10.1. The molecule has 0 aliphatic rings. The van der Waals surface area contributed by atoms with Crippen molar-refractivity contribution in [3.8, 4) is 0 Å². The molecule has 1 unspecified atom stereocenters. The van der Waals surface area contributed by atoms with Crippen molar-refractivity contribution in [3.63, 3.8) is 0 Å². The fourth-order valence-electron chi connectivity index (χ4n) is 6.53. The third-order valence-corrected chi connectivity index (χ3v) is 10.1. The lowest BCUT2D eigenvalue weighted by atomic mass is 10.0. The van der Waals surface area contributed by atoms with E-state index in [1.165, 1.54) is 116 Å². The molecule has 0 N–H and O–H groups in total. The SMILES string of the molecule is CCCC/C=C\C=C/CCCCCC(=O)OCC(COC(=O)CCCCC/C=C\CCCCCCCC)OC(=O)CCCCCCCCCCCCCCC. The Kier molecular flexibility index (Phi) is 42.4. The maximum absolute atomic E-state index is 12.7. The van der Waals surface area contributed by atoms with Gasteiger partial charge in [0.1, 0.15) is 13.2 Å². The van der Waals surface area contributed by atoms with Crippen LogP contribution in [0.15, 0.2) is 36.5 Å². The van der Waals surface area contributed by atoms with Gasteiger partial charge in [0.25, 0.3) is 0 Å². The number of hydrogen-bond donors (Lipinski definition) is 0. The van der Waals surface area contributed by atoms with Crippen LogP contribution in [0, 0.1) is 0 Å². The van der Waals surface area contributed by atoms with E-state index < -0.39 is 6.10 Å². The Bertz CT molecular complexity index is 938. The fourth-order valence-corrected chi connectivity index (χ4v) is 6.53. The van der Waals surface area contributed by atoms with Crippen LogP contribution >= 0.6 is 0 Å². The summed E-state index contributed by atoms with van der Waals surface area (Å²) in [5.41, 5.74) is 0. The van der Waals surface area contributed by atoms with E-state index in [2.05, 4.69) is 57.2 Å². The Morgan fingerprint density at radius 3 is 1.09 bits per heavy atom. The van der Waals surface area contributed by atoms with Crippen molar-refractivity contribution in [2.45, 2.75) is 245 Å². The van der Waals surface area contributed by atoms with Gasteiger partial charge in [0.15, 0.2) is 6.10 Å². The van der Waals surface area contributed by atoms with E-state index in [9.17, 15) is 14.4 Å². The van der Waals surface area contributed by atoms with Crippen molar-refractivity contribution in [1.29, 1.82) is 0 Å². The minimum atomic E-state index is -0.783. The number of hydrogen-bond acceptors (Lipinski definition) is 6. The minimum absolute atomic E-state index is 0.0864. The van der Waals surface area contributed by atoms with Crippen LogP contribution in [-0.4, -0.2) is 37.2 Å². The van der Waals surface area contributed by atoms with Gasteiger partial charge in [0, 0.05) is 19.3 Å². The predicted molar refractivity (Wildman–Crippen MR) is 233 cm³/mol. The summed E-state index contributed by atoms with van der Waals surface area (Å²) in [4.78, 5) is 37.7. The smallest absolute Gasteiger partial charge is 0.306 e. The van der Waals surface area contributed by atoms with E-state index in [-0.39, 0.29) is 31.1 Å². The largest absolute Gasteiger partial charge is 0.462 e. The van der Waals surface area contributed by atoms with Crippen LogP contribution in [0.2, 0.25) is 0 Å². The molecule has 0 bridgehead atoms. The number of carbonyl (C=O) groups excluding carboxylic acids is 3. The molecule has 0 spiro atoms. The first-order valence-corrected chi connectivity index (χ1v) is 23.5. The van der Waals surface area contributed by atoms with E-state index in [1.54, 1.807) is 0 Å². The molecule has 0 heterocycles. The molecular formula is C49H88O6. The zero-order chi connectivity index (χ0) is 40.1. The molecule has 0 amide bonds. The van der Waals surface area contributed by atoms with Crippen LogP contribution in [0.1, 0.15) is 239 Å². The van der Waals surface area contributed by atoms with Crippen LogP contribution in [0.25, 0.3) is 0 Å². The van der Waals surface area contributed by atoms with Gasteiger partial charge in [0.05, 0.1) is 0 Å². The molecule has 0 fully saturated rings. The lowest BCUT2D eigenvalue weighted by molar-refractivity contribution is -0.167. The molecule has 0 aromatic heterocycles. The van der Waals surface area contributed by atoms with E-state index in [0.717, 1.165) is 83.5 Å². The summed E-state index contributed by atoms with van der Waals surface area (Å²) in [5.74, 6) is -0.926. The summed E-state index contributed by atoms with van der Waals surface area (Å²) < 4.78 is 16.7. The molecule has 0 aliphatic heterocycles. The number of esters is 3. The number of ether oxygens (including phenoxy) is 3. The summed E-state index contributed by atoms with van der Waals surface area (Å²) in [6.45, 7) is 6.54. The topological polar surface area (TPSA) is 78.9 Å². The van der Waals surface area contributed by atoms with Crippen LogP contribution in [-0.2, 0) is 28.6 Å². The highest BCUT2D eigenvalue weighted by atomic mass is 16.6. The molecule has 0 saturated carbocycles. The Labute approximate surface area is 340 Å². The Balaban J connectivity index is 4.41. The zero-order valence-corrected chi connectivity index (χ0v) is 36.4. The van der Waals surface area contributed by atoms with Gasteiger partial charge in [-0.25, -0.2) is 0 Å². The molecule has 0 aromatic rings. The molecule has 55 heavy (non-hydrogen) atoms. The van der Waals surface area contributed by atoms with Crippen LogP contribution in [0.5, 0.6) is 0 Å². The number of unbranched alkanes of at least 4 members (excludes halogenated alkanes) is 26. The Morgan fingerprint density at radius 1 is 0.364 bits per heavy atom. The van der Waals surface area contributed by atoms with Gasteiger partial charge in [-0.05, 0) is 64.2 Å². The monoisotopic (exact) mass is 773 g/mol. The van der Waals surface area contributed by atoms with Crippen LogP contribution in [0.4, 0.5) is 0 Å². The van der Waals surface area contributed by atoms with Crippen molar-refractivity contribution in [2.24, 2.45) is 0 Å². The molecule has 0 aliphatic carbocycles. The summed E-state index contributed by atoms with van der Waals surface area (Å²) in [7, 11) is 0. The predicted octanol–water partition coefficient (Wildman–Crippen LogP) is 15.0. The standard InChI is InChI=1S/C49H88O6/c1-4-7-10-13-16-19-22-24-27-30-33-36-39-42-48(51)54-45-46(44-53-47(50)41-38-35-32-29-26-21-18-15-12-9-6-3)55-49(52)43-40-37-34-31-28-25-23-20-17-14-11-8-5-2/h15,18,21,24,26-27,46H,4-14,16-17,19-20,22-23,25,28-45H2,1-3H3/b18-15-,26-21-,27-24-. The lowest BCUT2D eigenvalue weighted by Crippen LogP contribution is -2.30. The number of allylic oxidation sites excluding steroid dienone is 6. The second kappa shape index (κ2) is 44.3. The molecule has 6 nitrogen and oxygen atoms in total. The van der Waals surface area contributed by atoms with Gasteiger partial charge in [-0.3, -0.25) is 14.4 Å². The van der Waals surface area contributed by atoms with E-state index in [4.69, 9.17) is 14.2 Å². The van der Waals surface area contributed by atoms with E-state index in [0.29, 0.717) is 19.3 Å². The highest BCUT2D eigenvalue weighted by Gasteiger charge is 2.19. The van der Waals surface area contributed by atoms with Gasteiger partial charge >= 0.3 is 17.9 Å². The van der Waals surface area contributed by atoms with E-state index in [1.807, 2.05) is 0 Å². The van der Waals surface area contributed by atoms with Crippen molar-refractivity contribution in [1.82, 2.24) is 0 Å². The Hall–Kier alpha value is -2.37. The first-order valence-electron chi connectivity index (χ1n) is 23.5. The summed E-state index contributed by atoms with van der Waals surface area (Å²) in [6.07, 6.45) is 49.8. The average molecular weight is 773 g/mol. The van der Waals surface area contributed by atoms with Gasteiger partial charge in [0.2, 0.25) is 0 Å². The average Bonchev–Trinajstić information content (AvgIpc) is 3.18. The van der Waals surface area contributed by atoms with Crippen molar-refractivity contribution in [3.05, 3.63) is 36.5 Å². The van der Waals surface area contributed by atoms with E-state index >= 15 is 0 Å². The second-order valence-corrected chi connectivity index (χ2v) is 15.7. The van der Waals surface area contributed by atoms with Crippen LogP contribution in [0.3, 0.4) is 0 Å². The summed E-state index contributed by atoms with van der Waals surface area (Å²) in [6, 6.07) is 0. The van der Waals surface area contributed by atoms with Gasteiger partial charge in [-0.1, -0.05) is 192 Å². The van der Waals surface area contributed by atoms with Gasteiger partial charge < -0.3 is 14.2 Å². The molecule has 1 atom stereocenters. The molecule has 0 saturated heterocycles. The Morgan fingerprint density at radius 2 is 0.673 bits per heavy atom. The van der Waals surface area contributed by atoms with Crippen LogP contribution < -0.4 is 0 Å². The highest BCUT2D eigenvalue weighted by molar-refractivity contribution is 5.71. The first kappa shape index (κ1) is 52.6. The third kappa shape index (κ3) is 42.6.